The van der Waals surface area contributed by atoms with Gasteiger partial charge in [0.05, 0.1) is 11.3 Å². The topological polar surface area (TPSA) is 73.5 Å². The first-order chi connectivity index (χ1) is 12.8. The second-order valence-electron chi connectivity index (χ2n) is 6.79. The highest BCUT2D eigenvalue weighted by molar-refractivity contribution is 9.10. The van der Waals surface area contributed by atoms with Crippen molar-refractivity contribution in [2.45, 2.75) is 13.8 Å². The molecule has 0 saturated heterocycles. The molecule has 0 unspecified atom stereocenters. The Labute approximate surface area is 168 Å². The predicted octanol–water partition coefficient (Wildman–Crippen LogP) is 4.54. The van der Waals surface area contributed by atoms with Crippen LogP contribution in [0.4, 0.5) is 21.9 Å². The van der Waals surface area contributed by atoms with Crippen LogP contribution in [0.15, 0.2) is 46.9 Å². The average Bonchev–Trinajstić information content (AvgIpc) is 2.61. The summed E-state index contributed by atoms with van der Waals surface area (Å²) >= 11 is 3.39. The molecule has 3 amide bonds. The summed E-state index contributed by atoms with van der Waals surface area (Å²) < 4.78 is 0.789. The van der Waals surface area contributed by atoms with Crippen molar-refractivity contribution >= 4 is 44.9 Å². The fourth-order valence-corrected chi connectivity index (χ4v) is 2.81. The molecule has 0 radical (unpaired) electrons. The third-order valence-electron chi connectivity index (χ3n) is 3.77. The minimum Gasteiger partial charge on any atom is -0.377 e. The smallest absolute Gasteiger partial charge is 0.323 e. The Balaban J connectivity index is 2.17. The van der Waals surface area contributed by atoms with Gasteiger partial charge in [-0.3, -0.25) is 4.79 Å². The first-order valence-electron chi connectivity index (χ1n) is 8.70. The summed E-state index contributed by atoms with van der Waals surface area (Å²) in [6.07, 6.45) is 0. The number of hydrogen-bond acceptors (Lipinski definition) is 3. The van der Waals surface area contributed by atoms with Crippen molar-refractivity contribution in [2.75, 3.05) is 36.2 Å². The molecule has 3 N–H and O–H groups in total. The number of rotatable bonds is 6. The van der Waals surface area contributed by atoms with Crippen LogP contribution in [-0.2, 0) is 0 Å². The summed E-state index contributed by atoms with van der Waals surface area (Å²) in [5.41, 5.74) is 2.50. The molecule has 0 aromatic heterocycles. The lowest BCUT2D eigenvalue weighted by molar-refractivity contribution is 0.0949. The van der Waals surface area contributed by atoms with E-state index in [0.717, 1.165) is 10.2 Å². The van der Waals surface area contributed by atoms with Gasteiger partial charge >= 0.3 is 6.03 Å². The number of nitrogens with zero attached hydrogens (tertiary/aromatic N) is 1. The lowest BCUT2D eigenvalue weighted by atomic mass is 10.1. The largest absolute Gasteiger partial charge is 0.377 e. The maximum absolute atomic E-state index is 12.6. The van der Waals surface area contributed by atoms with Gasteiger partial charge in [-0.15, -0.1) is 0 Å². The zero-order valence-corrected chi connectivity index (χ0v) is 17.6. The normalized spacial score (nSPS) is 10.4. The summed E-state index contributed by atoms with van der Waals surface area (Å²) in [6, 6.07) is 12.2. The summed E-state index contributed by atoms with van der Waals surface area (Å²) in [7, 11) is 3.75. The molecule has 2 aromatic carbocycles. The fourth-order valence-electron chi connectivity index (χ4n) is 2.42. The van der Waals surface area contributed by atoms with Gasteiger partial charge in [0.2, 0.25) is 0 Å². The van der Waals surface area contributed by atoms with Gasteiger partial charge in [-0.1, -0.05) is 26.0 Å². The van der Waals surface area contributed by atoms with Crippen molar-refractivity contribution in [2.24, 2.45) is 5.92 Å². The van der Waals surface area contributed by atoms with Crippen LogP contribution in [0.25, 0.3) is 0 Å². The SMILES string of the molecule is CC(C)CNC(=O)c1cc(NC(=O)Nc2ccccc2Br)ccc1N(C)C. The number of carbonyl (C=O) groups excluding carboxylic acids is 2. The van der Waals surface area contributed by atoms with Crippen molar-refractivity contribution in [3.63, 3.8) is 0 Å². The van der Waals surface area contributed by atoms with Crippen LogP contribution in [0.3, 0.4) is 0 Å². The maximum atomic E-state index is 12.6. The minimum absolute atomic E-state index is 0.165. The van der Waals surface area contributed by atoms with Crippen molar-refractivity contribution in [1.29, 1.82) is 0 Å². The Morgan fingerprint density at radius 3 is 2.41 bits per heavy atom. The van der Waals surface area contributed by atoms with Gasteiger partial charge in [0, 0.05) is 36.5 Å². The molecule has 0 fully saturated rings. The number of nitrogens with one attached hydrogen (secondary N) is 3. The molecule has 27 heavy (non-hydrogen) atoms. The van der Waals surface area contributed by atoms with Gasteiger partial charge < -0.3 is 20.9 Å². The van der Waals surface area contributed by atoms with Crippen LogP contribution in [0.5, 0.6) is 0 Å². The van der Waals surface area contributed by atoms with Crippen molar-refractivity contribution in [1.82, 2.24) is 5.32 Å². The van der Waals surface area contributed by atoms with Crippen molar-refractivity contribution < 1.29 is 9.59 Å². The first-order valence-corrected chi connectivity index (χ1v) is 9.49. The van der Waals surface area contributed by atoms with Gasteiger partial charge in [0.1, 0.15) is 0 Å². The van der Waals surface area contributed by atoms with Gasteiger partial charge in [-0.05, 0) is 52.2 Å². The molecule has 7 heteroatoms. The van der Waals surface area contributed by atoms with Crippen LogP contribution in [0.1, 0.15) is 24.2 Å². The highest BCUT2D eigenvalue weighted by atomic mass is 79.9. The van der Waals surface area contributed by atoms with Crippen LogP contribution < -0.4 is 20.9 Å². The van der Waals surface area contributed by atoms with E-state index in [1.165, 1.54) is 0 Å². The molecule has 6 nitrogen and oxygen atoms in total. The lowest BCUT2D eigenvalue weighted by Gasteiger charge is -2.19. The van der Waals surface area contributed by atoms with E-state index in [0.29, 0.717) is 29.4 Å². The second-order valence-corrected chi connectivity index (χ2v) is 7.64. The molecule has 2 rings (SSSR count). The maximum Gasteiger partial charge on any atom is 0.323 e. The number of hydrogen-bond donors (Lipinski definition) is 3. The van der Waals surface area contributed by atoms with E-state index in [1.807, 2.05) is 57.1 Å². The predicted molar refractivity (Wildman–Crippen MR) is 115 cm³/mol. The minimum atomic E-state index is -0.381. The van der Waals surface area contributed by atoms with Gasteiger partial charge in [0.15, 0.2) is 0 Å². The number of anilines is 3. The Kier molecular flexibility index (Phi) is 7.24. The van der Waals surface area contributed by atoms with Crippen LogP contribution in [0.2, 0.25) is 0 Å². The Morgan fingerprint density at radius 1 is 1.07 bits per heavy atom. The van der Waals surface area contributed by atoms with E-state index >= 15 is 0 Å². The number of urea groups is 1. The zero-order chi connectivity index (χ0) is 20.0. The number of carbonyl (C=O) groups is 2. The molecule has 0 aliphatic rings. The Bertz CT molecular complexity index is 821. The lowest BCUT2D eigenvalue weighted by Crippen LogP contribution is -2.29. The molecular formula is C20H25BrN4O2. The summed E-state index contributed by atoms with van der Waals surface area (Å²) in [6.45, 7) is 4.67. The van der Waals surface area contributed by atoms with Crippen molar-refractivity contribution in [3.05, 3.63) is 52.5 Å². The third-order valence-corrected chi connectivity index (χ3v) is 4.47. The molecule has 0 saturated carbocycles. The van der Waals surface area contributed by atoms with Crippen LogP contribution >= 0.6 is 15.9 Å². The van der Waals surface area contributed by atoms with E-state index in [1.54, 1.807) is 18.2 Å². The highest BCUT2D eigenvalue weighted by Gasteiger charge is 2.15. The number of amides is 3. The van der Waals surface area contributed by atoms with E-state index < -0.39 is 0 Å². The quantitative estimate of drug-likeness (QED) is 0.626. The van der Waals surface area contributed by atoms with Gasteiger partial charge in [-0.2, -0.15) is 0 Å². The standard InChI is InChI=1S/C20H25BrN4O2/c1-13(2)12-22-19(26)15-11-14(9-10-18(15)25(3)4)23-20(27)24-17-8-6-5-7-16(17)21/h5-11,13H,12H2,1-4H3,(H,22,26)(H2,23,24,27). The third kappa shape index (κ3) is 5.99. The molecule has 2 aromatic rings. The molecule has 0 heterocycles. The monoisotopic (exact) mass is 432 g/mol. The van der Waals surface area contributed by atoms with Crippen LogP contribution in [0, 0.1) is 5.92 Å². The molecular weight excluding hydrogens is 408 g/mol. The summed E-state index contributed by atoms with van der Waals surface area (Å²) in [4.78, 5) is 26.7. The van der Waals surface area contributed by atoms with E-state index in [9.17, 15) is 9.59 Å². The average molecular weight is 433 g/mol. The second kappa shape index (κ2) is 9.41. The van der Waals surface area contributed by atoms with Gasteiger partial charge in [0.25, 0.3) is 5.91 Å². The first kappa shape index (κ1) is 20.8. The number of benzene rings is 2. The molecule has 144 valence electrons. The molecule has 0 aliphatic carbocycles. The number of halogens is 1. The summed E-state index contributed by atoms with van der Waals surface area (Å²) in [5, 5.41) is 8.47. The highest BCUT2D eigenvalue weighted by Crippen LogP contribution is 2.24. The molecule has 0 bridgehead atoms. The molecule has 0 atom stereocenters. The number of para-hydroxylation sites is 1. The van der Waals surface area contributed by atoms with Gasteiger partial charge in [-0.25, -0.2) is 4.79 Å². The van der Waals surface area contributed by atoms with E-state index in [-0.39, 0.29) is 11.9 Å². The summed E-state index contributed by atoms with van der Waals surface area (Å²) in [5.74, 6) is 0.190. The fraction of sp³-hybridized carbons (Fsp3) is 0.300. The zero-order valence-electron chi connectivity index (χ0n) is 16.0. The molecule has 0 aliphatic heterocycles. The Hall–Kier alpha value is -2.54. The van der Waals surface area contributed by atoms with E-state index in [4.69, 9.17) is 0 Å². The van der Waals surface area contributed by atoms with Crippen LogP contribution in [-0.4, -0.2) is 32.6 Å². The van der Waals surface area contributed by atoms with E-state index in [2.05, 4.69) is 31.9 Å². The molecule has 0 spiro atoms. The van der Waals surface area contributed by atoms with Crippen molar-refractivity contribution in [3.8, 4) is 0 Å². The Morgan fingerprint density at radius 2 is 1.78 bits per heavy atom.